The Balaban J connectivity index is 0.00000200. The number of rotatable bonds is 5. The molecule has 0 saturated carbocycles. The first-order valence-corrected chi connectivity index (χ1v) is 6.49. The Hall–Kier alpha value is -1.55. The minimum absolute atomic E-state index is 0. The molecule has 5 N–H and O–H groups in total. The van der Waals surface area contributed by atoms with E-state index in [4.69, 9.17) is 11.5 Å². The lowest BCUT2D eigenvalue weighted by Gasteiger charge is -2.19. The second-order valence-corrected chi connectivity index (χ2v) is 4.76. The van der Waals surface area contributed by atoms with Crippen molar-refractivity contribution in [3.05, 3.63) is 65.7 Å². The number of nitrogen functional groups attached to an aromatic ring is 1. The van der Waals surface area contributed by atoms with Crippen molar-refractivity contribution in [2.24, 2.45) is 5.73 Å². The molecule has 0 saturated heterocycles. The van der Waals surface area contributed by atoms with E-state index in [1.165, 1.54) is 0 Å². The van der Waals surface area contributed by atoms with Gasteiger partial charge < -0.3 is 16.6 Å². The second kappa shape index (κ2) is 7.90. The van der Waals surface area contributed by atoms with Gasteiger partial charge in [-0.25, -0.2) is 0 Å². The summed E-state index contributed by atoms with van der Waals surface area (Å²) in [5.74, 6) is 0.135. The van der Waals surface area contributed by atoms with Gasteiger partial charge in [-0.3, -0.25) is 0 Å². The highest BCUT2D eigenvalue weighted by atomic mass is 35.5. The zero-order valence-electron chi connectivity index (χ0n) is 11.3. The molecule has 0 fully saturated rings. The van der Waals surface area contributed by atoms with Gasteiger partial charge in [-0.2, -0.15) is 0 Å². The third-order valence-corrected chi connectivity index (χ3v) is 3.38. The molecular weight excluding hydrogens is 272 g/mol. The maximum absolute atomic E-state index is 10.3. The summed E-state index contributed by atoms with van der Waals surface area (Å²) >= 11 is 0. The molecule has 0 radical (unpaired) electrons. The van der Waals surface area contributed by atoms with Gasteiger partial charge in [-0.1, -0.05) is 42.5 Å². The van der Waals surface area contributed by atoms with Gasteiger partial charge in [0.2, 0.25) is 0 Å². The smallest absolute Gasteiger partial charge is 0.0796 e. The molecule has 20 heavy (non-hydrogen) atoms. The summed E-state index contributed by atoms with van der Waals surface area (Å²) in [5.41, 5.74) is 14.3. The average molecular weight is 293 g/mol. The maximum atomic E-state index is 10.3. The lowest BCUT2D eigenvalue weighted by Crippen LogP contribution is -2.16. The van der Waals surface area contributed by atoms with Crippen molar-refractivity contribution in [1.29, 1.82) is 0 Å². The van der Waals surface area contributed by atoms with E-state index in [1.807, 2.05) is 54.6 Å². The van der Waals surface area contributed by atoms with Gasteiger partial charge in [0.1, 0.15) is 0 Å². The van der Waals surface area contributed by atoms with Crippen LogP contribution in [-0.2, 0) is 0 Å². The maximum Gasteiger partial charge on any atom is 0.0796 e. The zero-order chi connectivity index (χ0) is 13.7. The summed E-state index contributed by atoms with van der Waals surface area (Å²) in [6, 6.07) is 17.4. The minimum atomic E-state index is -0.493. The van der Waals surface area contributed by atoms with E-state index in [2.05, 4.69) is 0 Å². The van der Waals surface area contributed by atoms with Crippen LogP contribution in [-0.4, -0.2) is 11.7 Å². The first-order valence-electron chi connectivity index (χ1n) is 6.49. The van der Waals surface area contributed by atoms with Gasteiger partial charge in [-0.15, -0.1) is 12.4 Å². The Morgan fingerprint density at radius 2 is 1.50 bits per heavy atom. The van der Waals surface area contributed by atoms with Crippen LogP contribution in [0.3, 0.4) is 0 Å². The molecule has 2 aromatic rings. The Bertz CT molecular complexity index is 502. The van der Waals surface area contributed by atoms with Crippen LogP contribution in [0.5, 0.6) is 0 Å². The predicted octanol–water partition coefficient (Wildman–Crippen LogP) is 2.86. The molecule has 0 aliphatic carbocycles. The number of benzene rings is 2. The molecule has 4 heteroatoms. The van der Waals surface area contributed by atoms with E-state index in [0.29, 0.717) is 13.0 Å². The molecule has 0 spiro atoms. The molecule has 2 atom stereocenters. The number of anilines is 1. The fourth-order valence-corrected chi connectivity index (χ4v) is 2.22. The highest BCUT2D eigenvalue weighted by molar-refractivity contribution is 5.85. The van der Waals surface area contributed by atoms with E-state index >= 15 is 0 Å². The molecule has 0 heterocycles. The number of halogens is 1. The molecule has 0 amide bonds. The van der Waals surface area contributed by atoms with Crippen LogP contribution in [0.4, 0.5) is 5.69 Å². The van der Waals surface area contributed by atoms with Crippen LogP contribution >= 0.6 is 12.4 Å². The number of hydrogen-bond acceptors (Lipinski definition) is 3. The molecule has 108 valence electrons. The highest BCUT2D eigenvalue weighted by Crippen LogP contribution is 2.27. The van der Waals surface area contributed by atoms with Gasteiger partial charge in [0, 0.05) is 5.69 Å². The number of aliphatic hydroxyl groups excluding tert-OH is 1. The third-order valence-electron chi connectivity index (χ3n) is 3.38. The Morgan fingerprint density at radius 1 is 0.900 bits per heavy atom. The van der Waals surface area contributed by atoms with Crippen LogP contribution in [0.15, 0.2) is 54.6 Å². The molecule has 1 unspecified atom stereocenters. The van der Waals surface area contributed by atoms with Crippen LogP contribution < -0.4 is 11.5 Å². The summed E-state index contributed by atoms with van der Waals surface area (Å²) in [6.45, 7) is 0.508. The Labute approximate surface area is 126 Å². The topological polar surface area (TPSA) is 72.3 Å². The molecule has 3 nitrogen and oxygen atoms in total. The highest BCUT2D eigenvalue weighted by Gasteiger charge is 2.16. The first kappa shape index (κ1) is 16.5. The van der Waals surface area contributed by atoms with Gasteiger partial charge >= 0.3 is 0 Å². The van der Waals surface area contributed by atoms with Crippen LogP contribution in [0.25, 0.3) is 0 Å². The van der Waals surface area contributed by atoms with Crippen molar-refractivity contribution in [1.82, 2.24) is 0 Å². The summed E-state index contributed by atoms with van der Waals surface area (Å²) in [6.07, 6.45) is 0.122. The molecular formula is C16H21ClN2O. The van der Waals surface area contributed by atoms with E-state index in [-0.39, 0.29) is 18.3 Å². The molecule has 0 aliphatic heterocycles. The van der Waals surface area contributed by atoms with Crippen molar-refractivity contribution in [3.63, 3.8) is 0 Å². The fourth-order valence-electron chi connectivity index (χ4n) is 2.22. The van der Waals surface area contributed by atoms with Gasteiger partial charge in [-0.05, 0) is 42.1 Å². The lowest BCUT2D eigenvalue weighted by molar-refractivity contribution is 0.158. The molecule has 0 bridgehead atoms. The van der Waals surface area contributed by atoms with E-state index in [9.17, 15) is 5.11 Å². The normalized spacial score (nSPS) is 13.3. The van der Waals surface area contributed by atoms with Crippen LogP contribution in [0.1, 0.15) is 29.6 Å². The number of nitrogens with two attached hydrogens (primary N) is 2. The van der Waals surface area contributed by atoms with Gasteiger partial charge in [0.05, 0.1) is 6.10 Å². The minimum Gasteiger partial charge on any atom is -0.399 e. The quantitative estimate of drug-likeness (QED) is 0.742. The summed E-state index contributed by atoms with van der Waals surface area (Å²) in [7, 11) is 0. The van der Waals surface area contributed by atoms with Crippen molar-refractivity contribution < 1.29 is 5.11 Å². The van der Waals surface area contributed by atoms with E-state index in [1.54, 1.807) is 0 Å². The summed E-state index contributed by atoms with van der Waals surface area (Å²) < 4.78 is 0. The second-order valence-electron chi connectivity index (χ2n) is 4.76. The molecule has 2 aromatic carbocycles. The predicted molar refractivity (Wildman–Crippen MR) is 85.9 cm³/mol. The van der Waals surface area contributed by atoms with Crippen molar-refractivity contribution in [3.8, 4) is 0 Å². The number of hydrogen-bond donors (Lipinski definition) is 3. The molecule has 0 aliphatic rings. The fraction of sp³-hybridized carbons (Fsp3) is 0.250. The first-order chi connectivity index (χ1) is 9.20. The van der Waals surface area contributed by atoms with Crippen molar-refractivity contribution in [2.45, 2.75) is 18.4 Å². The summed E-state index contributed by atoms with van der Waals surface area (Å²) in [5, 5.41) is 10.3. The van der Waals surface area contributed by atoms with E-state index in [0.717, 1.165) is 16.8 Å². The Kier molecular flexibility index (Phi) is 6.52. The number of aliphatic hydroxyl groups is 1. The largest absolute Gasteiger partial charge is 0.399 e. The molecule has 2 rings (SSSR count). The van der Waals surface area contributed by atoms with Crippen LogP contribution in [0, 0.1) is 0 Å². The zero-order valence-corrected chi connectivity index (χ0v) is 12.1. The van der Waals surface area contributed by atoms with Crippen molar-refractivity contribution in [2.75, 3.05) is 12.3 Å². The lowest BCUT2D eigenvalue weighted by atomic mass is 9.90. The Morgan fingerprint density at radius 3 is 2.05 bits per heavy atom. The monoisotopic (exact) mass is 292 g/mol. The van der Waals surface area contributed by atoms with Gasteiger partial charge in [0.25, 0.3) is 0 Å². The standard InChI is InChI=1S/C16H20N2O.ClH/c17-11-14(12-6-8-15(18)9-7-12)10-16(19)13-4-2-1-3-5-13;/h1-9,14,16,19H,10-11,17-18H2;1H/t14?,16-;/m1./s1. The van der Waals surface area contributed by atoms with Crippen molar-refractivity contribution >= 4 is 18.1 Å². The van der Waals surface area contributed by atoms with E-state index < -0.39 is 6.10 Å². The van der Waals surface area contributed by atoms with Crippen LogP contribution in [0.2, 0.25) is 0 Å². The van der Waals surface area contributed by atoms with Gasteiger partial charge in [0.15, 0.2) is 0 Å². The molecule has 0 aromatic heterocycles. The average Bonchev–Trinajstić information content (AvgIpc) is 2.46. The third kappa shape index (κ3) is 4.23. The SMILES string of the molecule is Cl.NCC(C[C@@H](O)c1ccccc1)c1ccc(N)cc1. The summed E-state index contributed by atoms with van der Waals surface area (Å²) in [4.78, 5) is 0.